The highest BCUT2D eigenvalue weighted by Crippen LogP contribution is 2.51. The first kappa shape index (κ1) is 123. The van der Waals surface area contributed by atoms with Crippen molar-refractivity contribution in [2.24, 2.45) is 106 Å². The maximum Gasteiger partial charge on any atom is 0.315 e. The molecule has 22 nitrogen and oxygen atoms in total. The van der Waals surface area contributed by atoms with E-state index in [1.165, 1.54) is 110 Å². The molecule has 7 N–H and O–H groups in total. The summed E-state index contributed by atoms with van der Waals surface area (Å²) < 4.78 is 16.0. The molecule has 6 fully saturated rings. The predicted molar refractivity (Wildman–Crippen MR) is 553 cm³/mol. The SMILES string of the molecule is CC(C)(C)C(=O)C(NC(=O)C1CC1c1ccccc1)C(C)(C)C.CC(C)(C)C(=O)C(NC(=O)CC1CC2CCC1C2)C(C)(C)C.CC(C)(C)C(=O)C(NC(=O)CC1CCCC1)C(C)(C)C.CC(C)(C)C(=O)C(NC(=O)CC1CCCCC1)C(C)(C)C.CC(C)(C)C(=O)C(NC(=O)CC1CCCCCC1)C(C)(C)C.COc1cc(CNC(=O)NC(C(=O)C(C)(C)C)C(C)(C)C)cc(OC)c1OC. The summed E-state index contributed by atoms with van der Waals surface area (Å²) in [4.78, 5) is 151. The van der Waals surface area contributed by atoms with Crippen molar-refractivity contribution >= 4 is 70.3 Å². The quantitative estimate of drug-likeness (QED) is 0.0409. The Morgan fingerprint density at radius 3 is 0.860 bits per heavy atom. The summed E-state index contributed by atoms with van der Waals surface area (Å²) in [5.41, 5.74) is -2.50. The maximum atomic E-state index is 12.8. The van der Waals surface area contributed by atoms with Gasteiger partial charge in [0.25, 0.3) is 0 Å². The van der Waals surface area contributed by atoms with Crippen molar-refractivity contribution in [1.82, 2.24) is 37.2 Å². The molecule has 11 atom stereocenters. The molecular weight excluding hydrogens is 1710 g/mol. The van der Waals surface area contributed by atoms with Gasteiger partial charge in [0.05, 0.1) is 57.6 Å². The minimum Gasteiger partial charge on any atom is -0.493 e. The summed E-state index contributed by atoms with van der Waals surface area (Å²) in [6, 6.07) is 10.6. The van der Waals surface area contributed by atoms with Crippen LogP contribution in [-0.2, 0) is 59.3 Å². The molecule has 8 rings (SSSR count). The topological polar surface area (TPSA) is 317 Å². The Balaban J connectivity index is 0.000000421. The van der Waals surface area contributed by atoms with E-state index in [1.807, 2.05) is 267 Å². The highest BCUT2D eigenvalue weighted by Gasteiger charge is 2.49. The number of methoxy groups -OCH3 is 3. The molecule has 0 saturated heterocycles. The third kappa shape index (κ3) is 41.7. The van der Waals surface area contributed by atoms with Crippen molar-refractivity contribution in [3.05, 3.63) is 53.6 Å². The molecule has 6 saturated carbocycles. The van der Waals surface area contributed by atoms with Crippen LogP contribution >= 0.6 is 0 Å². The molecule has 2 bridgehead atoms. The van der Waals surface area contributed by atoms with Crippen molar-refractivity contribution in [1.29, 1.82) is 0 Å². The van der Waals surface area contributed by atoms with E-state index in [-0.39, 0.29) is 104 Å². The van der Waals surface area contributed by atoms with Gasteiger partial charge in [0.2, 0.25) is 35.3 Å². The molecule has 0 spiro atoms. The number of rotatable bonds is 27. The molecule has 2 aromatic carbocycles. The summed E-state index contributed by atoms with van der Waals surface area (Å²) >= 11 is 0. The van der Waals surface area contributed by atoms with Gasteiger partial charge in [0.1, 0.15) is 0 Å². The van der Waals surface area contributed by atoms with Gasteiger partial charge < -0.3 is 51.4 Å². The van der Waals surface area contributed by atoms with Crippen molar-refractivity contribution in [3.8, 4) is 17.2 Å². The summed E-state index contributed by atoms with van der Waals surface area (Å²) in [5, 5.41) is 20.8. The van der Waals surface area contributed by atoms with Crippen molar-refractivity contribution in [2.75, 3.05) is 21.3 Å². The molecule has 6 aliphatic rings. The number of hydrogen-bond acceptors (Lipinski definition) is 15. The average Bonchev–Trinajstić information content (AvgIpc) is 1.63. The van der Waals surface area contributed by atoms with Gasteiger partial charge in [-0.2, -0.15) is 0 Å². The molecule has 136 heavy (non-hydrogen) atoms. The number of carbonyl (C=O) groups is 12. The van der Waals surface area contributed by atoms with Crippen LogP contribution in [0.1, 0.15) is 420 Å². The van der Waals surface area contributed by atoms with E-state index in [0.29, 0.717) is 72.5 Å². The number of ether oxygens (including phenoxy) is 3. The molecule has 0 aromatic heterocycles. The molecule has 0 aliphatic heterocycles. The number of benzene rings is 2. The second kappa shape index (κ2) is 51.2. The number of urea groups is 1. The van der Waals surface area contributed by atoms with Crippen LogP contribution < -0.4 is 51.4 Å². The zero-order valence-corrected chi connectivity index (χ0v) is 92.9. The van der Waals surface area contributed by atoms with Gasteiger partial charge in [0, 0.05) is 70.6 Å². The number of ketones is 6. The van der Waals surface area contributed by atoms with Crippen molar-refractivity contribution < 1.29 is 71.7 Å². The molecule has 11 unspecified atom stereocenters. The van der Waals surface area contributed by atoms with E-state index in [0.717, 1.165) is 62.3 Å². The molecule has 776 valence electrons. The van der Waals surface area contributed by atoms with Crippen LogP contribution in [0.3, 0.4) is 0 Å². The van der Waals surface area contributed by atoms with Crippen LogP contribution in [0.25, 0.3) is 0 Å². The van der Waals surface area contributed by atoms with Crippen LogP contribution in [0.5, 0.6) is 17.2 Å². The first-order valence-electron chi connectivity index (χ1n) is 51.5. The molecule has 0 heterocycles. The first-order valence-corrected chi connectivity index (χ1v) is 51.5. The van der Waals surface area contributed by atoms with Crippen LogP contribution in [-0.4, -0.2) is 128 Å². The van der Waals surface area contributed by atoms with E-state index in [9.17, 15) is 57.5 Å². The molecule has 22 heteroatoms. The molecule has 6 aliphatic carbocycles. The van der Waals surface area contributed by atoms with Crippen LogP contribution in [0.15, 0.2) is 42.5 Å². The normalized spacial score (nSPS) is 20.0. The van der Waals surface area contributed by atoms with Gasteiger partial charge in [0.15, 0.2) is 46.2 Å². The Hall–Kier alpha value is -7.52. The molecular formula is C114H195N7O15. The van der Waals surface area contributed by atoms with E-state index in [1.54, 1.807) is 12.1 Å². The summed E-state index contributed by atoms with van der Waals surface area (Å²) in [6.45, 7) is 70.6. The fourth-order valence-electron chi connectivity index (χ4n) is 18.8. The monoisotopic (exact) mass is 1900 g/mol. The Morgan fingerprint density at radius 2 is 0.596 bits per heavy atom. The first-order chi connectivity index (χ1) is 61.9. The predicted octanol–water partition coefficient (Wildman–Crippen LogP) is 23.7. The third-order valence-corrected chi connectivity index (χ3v) is 27.4. The fourth-order valence-corrected chi connectivity index (χ4v) is 18.8. The second-order valence-electron chi connectivity index (χ2n) is 53.2. The van der Waals surface area contributed by atoms with E-state index >= 15 is 0 Å². The highest BCUT2D eigenvalue weighted by atomic mass is 16.5. The number of fused-ring (bicyclic) bond motifs is 2. The lowest BCUT2D eigenvalue weighted by Gasteiger charge is -2.35. The van der Waals surface area contributed by atoms with Gasteiger partial charge >= 0.3 is 6.03 Å². The Kier molecular flexibility index (Phi) is 46.2. The van der Waals surface area contributed by atoms with Crippen LogP contribution in [0.2, 0.25) is 0 Å². The third-order valence-electron chi connectivity index (χ3n) is 27.4. The summed E-state index contributed by atoms with van der Waals surface area (Å²) in [6.07, 6.45) is 26.6. The Bertz CT molecular complexity index is 4160. The summed E-state index contributed by atoms with van der Waals surface area (Å²) in [7, 11) is 4.60. The van der Waals surface area contributed by atoms with Gasteiger partial charge in [-0.25, -0.2) is 4.79 Å². The molecule has 7 amide bonds. The number of Topliss-reactive ketones (excluding diaryl/α,β-unsaturated/α-hetero) is 6. The average molecular weight is 1900 g/mol. The maximum absolute atomic E-state index is 12.8. The number of hydrogen-bond donors (Lipinski definition) is 7. The number of amides is 7. The largest absolute Gasteiger partial charge is 0.493 e. The van der Waals surface area contributed by atoms with Gasteiger partial charge in [-0.05, 0) is 161 Å². The zero-order chi connectivity index (χ0) is 105. The lowest BCUT2D eigenvalue weighted by molar-refractivity contribution is -0.135. The smallest absolute Gasteiger partial charge is 0.315 e. The fraction of sp³-hybridized carbons (Fsp3) is 0.789. The lowest BCUT2D eigenvalue weighted by atomic mass is 9.75. The minimum atomic E-state index is -0.604. The van der Waals surface area contributed by atoms with E-state index < -0.39 is 80.2 Å². The Morgan fingerprint density at radius 1 is 0.316 bits per heavy atom. The van der Waals surface area contributed by atoms with Gasteiger partial charge in [-0.15, -0.1) is 0 Å². The Labute approximate surface area is 825 Å². The zero-order valence-electron chi connectivity index (χ0n) is 92.9. The standard InChI is InChI=1S/C21H34N2O5.C20H29NO2.C19H33NO2.C19H35NO2.C18H33NO2.C17H31NO2/c1-20(2,3)17(18(24)21(4,5)6)23-19(25)22-12-13-10-14(26-7)16(28-9)15(11-13)27-8;1-19(2,3)16(17(22)20(4,5)6)21-18(23)15-12-14(15)13-10-8-7-9-11-13;1-18(2,3)16(17(22)19(4,5)6)20-15(21)11-14-10-12-7-8-13(14)9-12;1-18(2,3)16(17(22)19(4,5)6)20-15(21)13-14-11-9-7-8-10-12-14;1-17(2,3)15(16(21)18(4,5)6)19-14(20)12-13-10-8-7-9-11-13;1-16(2,3)14(15(20)17(4,5)6)18-13(19)11-12-9-7-8-10-12/h10-11,17H,12H2,1-9H3,(H2,22,23,25);7-11,14-16H,12H2,1-6H3,(H,21,23);12-14,16H,7-11H2,1-6H3,(H,20,21);14,16H,7-13H2,1-6H3,(H,20,21);13,15H,7-12H2,1-6H3,(H,19,20);12,14H,7-11H2,1-6H3,(H,18,19). The number of carbonyl (C=O) groups excluding carboxylic acids is 12. The molecule has 0 radical (unpaired) electrons. The highest BCUT2D eigenvalue weighted by molar-refractivity contribution is 5.97. The van der Waals surface area contributed by atoms with E-state index in [4.69, 9.17) is 14.2 Å². The van der Waals surface area contributed by atoms with Crippen molar-refractivity contribution in [2.45, 2.75) is 452 Å². The summed E-state index contributed by atoms with van der Waals surface area (Å²) in [5.74, 6) is 6.22. The van der Waals surface area contributed by atoms with E-state index in [2.05, 4.69) is 49.4 Å². The number of nitrogens with one attached hydrogen (secondary N) is 7. The molecule has 2 aromatic rings. The van der Waals surface area contributed by atoms with Crippen molar-refractivity contribution in [3.63, 3.8) is 0 Å². The lowest BCUT2D eigenvalue weighted by Crippen LogP contribution is -2.55. The minimum absolute atomic E-state index is 0.00461. The van der Waals surface area contributed by atoms with Gasteiger partial charge in [-0.1, -0.05) is 344 Å². The second-order valence-corrected chi connectivity index (χ2v) is 53.2. The van der Waals surface area contributed by atoms with Gasteiger partial charge in [-0.3, -0.25) is 52.7 Å². The van der Waals surface area contributed by atoms with Crippen LogP contribution in [0.4, 0.5) is 4.79 Å². The van der Waals surface area contributed by atoms with Crippen LogP contribution in [0, 0.1) is 106 Å².